The van der Waals surface area contributed by atoms with Crippen LogP contribution in [0.5, 0.6) is 0 Å². The largest absolute Gasteiger partial charge is 0.459 e. The Hall–Kier alpha value is -2.41. The molecular formula is C19H23NO3. The number of hydrogen-bond donors (Lipinski definition) is 0. The normalized spacial score (nSPS) is 14.0. The van der Waals surface area contributed by atoms with Gasteiger partial charge in [0.05, 0.1) is 6.07 Å². The second kappa shape index (κ2) is 7.73. The van der Waals surface area contributed by atoms with Gasteiger partial charge in [0.1, 0.15) is 5.60 Å². The quantitative estimate of drug-likeness (QED) is 0.594. The molecule has 0 spiro atoms. The molecule has 0 aromatic heterocycles. The zero-order valence-electron chi connectivity index (χ0n) is 14.1. The average Bonchev–Trinajstić information content (AvgIpc) is 2.47. The molecule has 1 rings (SSSR count). The lowest BCUT2D eigenvalue weighted by Crippen LogP contribution is -2.36. The Balaban J connectivity index is 3.06. The second-order valence-electron chi connectivity index (χ2n) is 6.51. The highest BCUT2D eigenvalue weighted by molar-refractivity contribution is 5.90. The maximum Gasteiger partial charge on any atom is 0.331 e. The predicted molar refractivity (Wildman–Crippen MR) is 88.5 cm³/mol. The van der Waals surface area contributed by atoms with Crippen LogP contribution in [-0.2, 0) is 20.7 Å². The summed E-state index contributed by atoms with van der Waals surface area (Å²) in [4.78, 5) is 23.8. The van der Waals surface area contributed by atoms with Gasteiger partial charge in [-0.05, 0) is 58.3 Å². The number of nitriles is 1. The molecular weight excluding hydrogens is 290 g/mol. The molecule has 4 heteroatoms. The van der Waals surface area contributed by atoms with Crippen LogP contribution in [0.15, 0.2) is 42.5 Å². The molecule has 4 nitrogen and oxygen atoms in total. The van der Waals surface area contributed by atoms with Crippen LogP contribution in [0.4, 0.5) is 0 Å². The smallest absolute Gasteiger partial charge is 0.331 e. The fourth-order valence-electron chi connectivity index (χ4n) is 2.01. The molecule has 23 heavy (non-hydrogen) atoms. The molecule has 0 fully saturated rings. The highest BCUT2D eigenvalue weighted by Gasteiger charge is 2.39. The summed E-state index contributed by atoms with van der Waals surface area (Å²) in [5, 5.41) is 9.62. The van der Waals surface area contributed by atoms with Crippen LogP contribution in [0.3, 0.4) is 0 Å². The molecule has 0 aliphatic carbocycles. The summed E-state index contributed by atoms with van der Waals surface area (Å²) in [5.41, 5.74) is -1.14. The van der Waals surface area contributed by atoms with Crippen LogP contribution in [0.25, 0.3) is 0 Å². The van der Waals surface area contributed by atoms with Gasteiger partial charge in [0, 0.05) is 0 Å². The number of carbonyl (C=O) groups excluding carboxylic acids is 2. The minimum atomic E-state index is -1.46. The number of aryl methyl sites for hydroxylation is 1. The third-order valence-electron chi connectivity index (χ3n) is 3.22. The summed E-state index contributed by atoms with van der Waals surface area (Å²) in [6.07, 6.45) is 3.42. The lowest BCUT2D eigenvalue weighted by atomic mass is 9.82. The van der Waals surface area contributed by atoms with Crippen molar-refractivity contribution in [3.63, 3.8) is 0 Å². The predicted octanol–water partition coefficient (Wildman–Crippen LogP) is 3.62. The minimum Gasteiger partial charge on any atom is -0.459 e. The van der Waals surface area contributed by atoms with E-state index in [-0.39, 0.29) is 12.2 Å². The summed E-state index contributed by atoms with van der Waals surface area (Å²) in [7, 11) is 0. The highest BCUT2D eigenvalue weighted by Crippen LogP contribution is 2.29. The number of rotatable bonds is 6. The van der Waals surface area contributed by atoms with Crippen LogP contribution in [0.2, 0.25) is 0 Å². The number of benzene rings is 1. The van der Waals surface area contributed by atoms with Crippen molar-refractivity contribution in [3.05, 3.63) is 48.0 Å². The molecule has 0 saturated carbocycles. The number of esters is 1. The number of ether oxygens (including phenoxy) is 1. The van der Waals surface area contributed by atoms with Crippen molar-refractivity contribution >= 4 is 11.8 Å². The second-order valence-corrected chi connectivity index (χ2v) is 6.51. The van der Waals surface area contributed by atoms with E-state index in [0.717, 1.165) is 5.56 Å². The Kier molecular flexibility index (Phi) is 6.27. The van der Waals surface area contributed by atoms with Crippen LogP contribution in [0.1, 0.15) is 39.7 Å². The molecule has 0 aliphatic heterocycles. The van der Waals surface area contributed by atoms with Crippen molar-refractivity contribution < 1.29 is 14.3 Å². The van der Waals surface area contributed by atoms with Gasteiger partial charge >= 0.3 is 5.97 Å². The van der Waals surface area contributed by atoms with E-state index in [0.29, 0.717) is 6.42 Å². The lowest BCUT2D eigenvalue weighted by Gasteiger charge is -2.27. The van der Waals surface area contributed by atoms with Gasteiger partial charge in [0.2, 0.25) is 0 Å². The fourth-order valence-corrected chi connectivity index (χ4v) is 2.01. The van der Waals surface area contributed by atoms with E-state index >= 15 is 0 Å². The Labute approximate surface area is 137 Å². The number of allylic oxidation sites excluding steroid dienone is 1. The van der Waals surface area contributed by atoms with E-state index in [1.807, 2.05) is 36.4 Å². The Bertz CT molecular complexity index is 620. The van der Waals surface area contributed by atoms with E-state index in [4.69, 9.17) is 4.74 Å². The van der Waals surface area contributed by atoms with E-state index in [9.17, 15) is 14.9 Å². The van der Waals surface area contributed by atoms with Crippen molar-refractivity contribution in [2.45, 2.75) is 46.1 Å². The van der Waals surface area contributed by atoms with Crippen molar-refractivity contribution in [2.24, 2.45) is 5.41 Å². The number of hydrogen-bond acceptors (Lipinski definition) is 4. The molecule has 0 unspecified atom stereocenters. The topological polar surface area (TPSA) is 67.2 Å². The Morgan fingerprint density at radius 3 is 2.30 bits per heavy atom. The van der Waals surface area contributed by atoms with Gasteiger partial charge in [-0.15, -0.1) is 0 Å². The highest BCUT2D eigenvalue weighted by atomic mass is 16.6. The maximum atomic E-state index is 12.5. The van der Waals surface area contributed by atoms with E-state index in [2.05, 4.69) is 0 Å². The first kappa shape index (κ1) is 18.6. The van der Waals surface area contributed by atoms with Crippen LogP contribution >= 0.6 is 0 Å². The third kappa shape index (κ3) is 6.07. The summed E-state index contributed by atoms with van der Waals surface area (Å²) >= 11 is 0. The third-order valence-corrected chi connectivity index (χ3v) is 3.22. The molecule has 0 bridgehead atoms. The molecule has 0 saturated heterocycles. The van der Waals surface area contributed by atoms with Gasteiger partial charge in [-0.2, -0.15) is 5.26 Å². The first-order chi connectivity index (χ1) is 10.7. The van der Waals surface area contributed by atoms with Gasteiger partial charge in [-0.3, -0.25) is 4.79 Å². The molecule has 0 amide bonds. The van der Waals surface area contributed by atoms with Crippen LogP contribution in [-0.4, -0.2) is 17.4 Å². The molecule has 122 valence electrons. The average molecular weight is 313 g/mol. The summed E-state index contributed by atoms with van der Waals surface area (Å²) < 4.78 is 5.39. The molecule has 1 aromatic carbocycles. The van der Waals surface area contributed by atoms with Gasteiger partial charge in [-0.1, -0.05) is 30.3 Å². The summed E-state index contributed by atoms with van der Waals surface area (Å²) in [5.74, 6) is -0.839. The van der Waals surface area contributed by atoms with E-state index in [1.165, 1.54) is 19.1 Å². The number of ketones is 1. The lowest BCUT2D eigenvalue weighted by molar-refractivity contribution is -0.161. The van der Waals surface area contributed by atoms with Crippen molar-refractivity contribution in [1.82, 2.24) is 0 Å². The SMILES string of the molecule is CC(=O)/C=C\[C@](C#N)(CCc1ccccc1)C(=O)OC(C)(C)C. The van der Waals surface area contributed by atoms with Gasteiger partial charge in [-0.25, -0.2) is 4.79 Å². The van der Waals surface area contributed by atoms with Crippen LogP contribution < -0.4 is 0 Å². The summed E-state index contributed by atoms with van der Waals surface area (Å²) in [6, 6.07) is 11.6. The first-order valence-corrected chi connectivity index (χ1v) is 7.57. The number of carbonyl (C=O) groups is 2. The van der Waals surface area contributed by atoms with E-state index < -0.39 is 17.0 Å². The fraction of sp³-hybridized carbons (Fsp3) is 0.421. The molecule has 1 aromatic rings. The monoisotopic (exact) mass is 313 g/mol. The standard InChI is InChI=1S/C19H23NO3/c1-15(21)10-12-19(14-20,17(22)23-18(2,3)4)13-11-16-8-6-5-7-9-16/h5-10,12H,11,13H2,1-4H3/b12-10-/t19-/m1/s1. The first-order valence-electron chi connectivity index (χ1n) is 7.57. The zero-order chi connectivity index (χ0) is 17.5. The molecule has 1 atom stereocenters. The van der Waals surface area contributed by atoms with Gasteiger partial charge in [0.15, 0.2) is 11.2 Å². The molecule has 0 heterocycles. The molecule has 0 N–H and O–H groups in total. The molecule has 0 radical (unpaired) electrons. The van der Waals surface area contributed by atoms with Gasteiger partial charge < -0.3 is 4.74 Å². The summed E-state index contributed by atoms with van der Waals surface area (Å²) in [6.45, 7) is 6.63. The van der Waals surface area contributed by atoms with Crippen molar-refractivity contribution in [1.29, 1.82) is 5.26 Å². The Morgan fingerprint density at radius 1 is 1.22 bits per heavy atom. The van der Waals surface area contributed by atoms with Gasteiger partial charge in [0.25, 0.3) is 0 Å². The molecule has 0 aliphatic rings. The van der Waals surface area contributed by atoms with E-state index in [1.54, 1.807) is 20.8 Å². The van der Waals surface area contributed by atoms with Crippen molar-refractivity contribution in [3.8, 4) is 6.07 Å². The Morgan fingerprint density at radius 2 is 1.83 bits per heavy atom. The zero-order valence-corrected chi connectivity index (χ0v) is 14.1. The maximum absolute atomic E-state index is 12.5. The van der Waals surface area contributed by atoms with Crippen molar-refractivity contribution in [2.75, 3.05) is 0 Å². The minimum absolute atomic E-state index is 0.215. The van der Waals surface area contributed by atoms with Crippen LogP contribution in [0, 0.1) is 16.7 Å². The number of nitrogens with zero attached hydrogens (tertiary/aromatic N) is 1.